The number of rotatable bonds is 3. The van der Waals surface area contributed by atoms with Crippen LogP contribution in [0.15, 0.2) is 0 Å². The van der Waals surface area contributed by atoms with Crippen LogP contribution in [0.2, 0.25) is 0 Å². The van der Waals surface area contributed by atoms with Gasteiger partial charge in [0.05, 0.1) is 0 Å². The summed E-state index contributed by atoms with van der Waals surface area (Å²) in [5.41, 5.74) is 0. The SMILES string of the molecule is CCN(C(F)F)N(C)F. The van der Waals surface area contributed by atoms with E-state index in [1.54, 1.807) is 0 Å². The first-order valence-corrected chi connectivity index (χ1v) is 2.53. The molecule has 0 saturated heterocycles. The first kappa shape index (κ1) is 8.71. The molecule has 0 fully saturated rings. The topological polar surface area (TPSA) is 6.48 Å². The van der Waals surface area contributed by atoms with Crippen molar-refractivity contribution < 1.29 is 13.3 Å². The molecule has 56 valence electrons. The summed E-state index contributed by atoms with van der Waals surface area (Å²) < 4.78 is 35.1. The van der Waals surface area contributed by atoms with Gasteiger partial charge in [0.15, 0.2) is 0 Å². The molecule has 0 heterocycles. The molecule has 0 saturated carbocycles. The summed E-state index contributed by atoms with van der Waals surface area (Å²) in [6.45, 7) is -1.35. The maximum absolute atomic E-state index is 11.9. The molecule has 0 radical (unpaired) electrons. The third-order valence-corrected chi connectivity index (χ3v) is 0.903. The first-order valence-electron chi connectivity index (χ1n) is 2.53. The predicted molar refractivity (Wildman–Crippen MR) is 27.3 cm³/mol. The van der Waals surface area contributed by atoms with Crippen LogP contribution >= 0.6 is 0 Å². The monoisotopic (exact) mass is 142 g/mol. The predicted octanol–water partition coefficient (Wildman–Crippen LogP) is 1.26. The van der Waals surface area contributed by atoms with E-state index in [0.29, 0.717) is 5.01 Å². The quantitative estimate of drug-likeness (QED) is 0.332. The van der Waals surface area contributed by atoms with Crippen LogP contribution in [0.5, 0.6) is 0 Å². The van der Waals surface area contributed by atoms with E-state index < -0.39 is 6.55 Å². The molecule has 0 atom stereocenters. The number of nitrogens with zero attached hydrogens (tertiary/aromatic N) is 2. The van der Waals surface area contributed by atoms with Crippen LogP contribution in [0.1, 0.15) is 6.92 Å². The highest BCUT2D eigenvalue weighted by molar-refractivity contribution is 4.37. The Kier molecular flexibility index (Phi) is 3.56. The van der Waals surface area contributed by atoms with Gasteiger partial charge in [-0.15, -0.1) is 4.48 Å². The second-order valence-corrected chi connectivity index (χ2v) is 1.48. The van der Waals surface area contributed by atoms with Crippen LogP contribution in [0.3, 0.4) is 0 Å². The first-order chi connectivity index (χ1) is 4.09. The fraction of sp³-hybridized carbons (Fsp3) is 1.00. The van der Waals surface area contributed by atoms with Crippen LogP contribution in [-0.4, -0.2) is 30.4 Å². The molecule has 0 N–H and O–H groups in total. The molecular formula is C4H9F3N2. The zero-order valence-electron chi connectivity index (χ0n) is 5.31. The standard InChI is InChI=1S/C4H9F3N2/c1-3-9(4(5)6)8(2)7/h4H,3H2,1-2H3. The minimum absolute atomic E-state index is 0.0370. The molecule has 0 aromatic heterocycles. The molecule has 0 amide bonds. The molecule has 0 unspecified atom stereocenters. The Morgan fingerprint density at radius 1 is 1.44 bits per heavy atom. The molecule has 0 spiro atoms. The smallest absolute Gasteiger partial charge is 0.190 e. The molecule has 0 aliphatic rings. The van der Waals surface area contributed by atoms with E-state index in [-0.39, 0.29) is 11.8 Å². The van der Waals surface area contributed by atoms with Gasteiger partial charge in [-0.1, -0.05) is 12.2 Å². The van der Waals surface area contributed by atoms with Gasteiger partial charge in [0.25, 0.3) is 0 Å². The third kappa shape index (κ3) is 2.67. The van der Waals surface area contributed by atoms with Crippen molar-refractivity contribution in [1.29, 1.82) is 0 Å². The number of halogens is 3. The molecule has 2 nitrogen and oxygen atoms in total. The highest BCUT2D eigenvalue weighted by Crippen LogP contribution is 2.04. The fourth-order valence-electron chi connectivity index (χ4n) is 0.453. The van der Waals surface area contributed by atoms with Crippen molar-refractivity contribution in [3.63, 3.8) is 0 Å². The highest BCUT2D eigenvalue weighted by atomic mass is 19.3. The zero-order chi connectivity index (χ0) is 7.44. The molecule has 0 aromatic carbocycles. The summed E-state index contributed by atoms with van der Waals surface area (Å²) in [5, 5.41) is 0.171. The average Bonchev–Trinajstić information content (AvgIpc) is 1.64. The number of hydrazine groups is 1. The fourth-order valence-corrected chi connectivity index (χ4v) is 0.453. The van der Waals surface area contributed by atoms with Gasteiger partial charge in [-0.05, 0) is 0 Å². The lowest BCUT2D eigenvalue weighted by Gasteiger charge is -2.21. The van der Waals surface area contributed by atoms with Crippen molar-refractivity contribution in [3.8, 4) is 0 Å². The van der Waals surface area contributed by atoms with E-state index in [1.807, 2.05) is 0 Å². The molecule has 9 heavy (non-hydrogen) atoms. The molecule has 5 heteroatoms. The van der Waals surface area contributed by atoms with Gasteiger partial charge >= 0.3 is 6.55 Å². The van der Waals surface area contributed by atoms with Crippen molar-refractivity contribution >= 4 is 0 Å². The van der Waals surface area contributed by atoms with Crippen LogP contribution in [-0.2, 0) is 0 Å². The Balaban J connectivity index is 3.68. The minimum atomic E-state index is -2.76. The van der Waals surface area contributed by atoms with Crippen molar-refractivity contribution in [2.75, 3.05) is 13.6 Å². The molecule has 0 aliphatic heterocycles. The van der Waals surface area contributed by atoms with Crippen molar-refractivity contribution in [1.82, 2.24) is 10.2 Å². The lowest BCUT2D eigenvalue weighted by molar-refractivity contribution is -0.231. The van der Waals surface area contributed by atoms with Crippen molar-refractivity contribution in [2.24, 2.45) is 0 Å². The van der Waals surface area contributed by atoms with Crippen molar-refractivity contribution in [3.05, 3.63) is 0 Å². The second kappa shape index (κ2) is 3.68. The van der Waals surface area contributed by atoms with E-state index in [1.165, 1.54) is 6.92 Å². The van der Waals surface area contributed by atoms with E-state index >= 15 is 0 Å². The maximum atomic E-state index is 11.9. The molecule has 0 bridgehead atoms. The Morgan fingerprint density at radius 3 is 1.89 bits per heavy atom. The number of hydrogen-bond donors (Lipinski definition) is 0. The van der Waals surface area contributed by atoms with Gasteiger partial charge in [0, 0.05) is 13.6 Å². The molecule has 0 aliphatic carbocycles. The maximum Gasteiger partial charge on any atom is 0.309 e. The Labute approximate surface area is 51.8 Å². The average molecular weight is 142 g/mol. The number of hydrogen-bond acceptors (Lipinski definition) is 2. The van der Waals surface area contributed by atoms with Crippen LogP contribution in [0.25, 0.3) is 0 Å². The van der Waals surface area contributed by atoms with Gasteiger partial charge in [0.1, 0.15) is 0 Å². The Hall–Kier alpha value is -0.290. The Morgan fingerprint density at radius 2 is 1.89 bits per heavy atom. The van der Waals surface area contributed by atoms with Gasteiger partial charge in [-0.2, -0.15) is 13.8 Å². The molecular weight excluding hydrogens is 133 g/mol. The number of alkyl halides is 2. The molecule has 0 rings (SSSR count). The van der Waals surface area contributed by atoms with E-state index in [9.17, 15) is 13.3 Å². The van der Waals surface area contributed by atoms with Crippen molar-refractivity contribution in [2.45, 2.75) is 13.5 Å². The van der Waals surface area contributed by atoms with E-state index in [2.05, 4.69) is 0 Å². The van der Waals surface area contributed by atoms with Crippen LogP contribution in [0.4, 0.5) is 13.3 Å². The zero-order valence-corrected chi connectivity index (χ0v) is 5.31. The van der Waals surface area contributed by atoms with E-state index in [4.69, 9.17) is 0 Å². The minimum Gasteiger partial charge on any atom is -0.190 e. The summed E-state index contributed by atoms with van der Waals surface area (Å²) in [6.07, 6.45) is 0. The summed E-state index contributed by atoms with van der Waals surface area (Å²) in [7, 11) is 0.926. The van der Waals surface area contributed by atoms with E-state index in [0.717, 1.165) is 7.05 Å². The molecule has 0 aromatic rings. The van der Waals surface area contributed by atoms with Gasteiger partial charge in [-0.25, -0.2) is 0 Å². The van der Waals surface area contributed by atoms with Gasteiger partial charge in [-0.3, -0.25) is 0 Å². The second-order valence-electron chi connectivity index (χ2n) is 1.48. The van der Waals surface area contributed by atoms with Crippen LogP contribution < -0.4 is 0 Å². The summed E-state index contributed by atoms with van der Waals surface area (Å²) in [6, 6.07) is 0. The lowest BCUT2D eigenvalue weighted by Crippen LogP contribution is -2.37. The van der Waals surface area contributed by atoms with Gasteiger partial charge in [0.2, 0.25) is 0 Å². The Bertz CT molecular complexity index is 68.2. The summed E-state index contributed by atoms with van der Waals surface area (Å²) >= 11 is 0. The summed E-state index contributed by atoms with van der Waals surface area (Å²) in [5.74, 6) is 0. The van der Waals surface area contributed by atoms with Crippen LogP contribution in [0, 0.1) is 0 Å². The largest absolute Gasteiger partial charge is 0.309 e. The lowest BCUT2D eigenvalue weighted by atomic mass is 10.7. The normalized spacial score (nSPS) is 12.0. The third-order valence-electron chi connectivity index (χ3n) is 0.903. The highest BCUT2D eigenvalue weighted by Gasteiger charge is 2.17. The van der Waals surface area contributed by atoms with Gasteiger partial charge < -0.3 is 0 Å². The summed E-state index contributed by atoms with van der Waals surface area (Å²) in [4.78, 5) is 0.